The highest BCUT2D eigenvalue weighted by molar-refractivity contribution is 7.92. The lowest BCUT2D eigenvalue weighted by atomic mass is 10.3. The SMILES string of the molecule is COc1ccc(S(=O)(=O)c2c(N)n(/N=C/c3cccs3)c3nc4ccccc4nc23)cc1. The van der Waals surface area contributed by atoms with Crippen LogP contribution < -0.4 is 10.5 Å². The second-order valence-electron chi connectivity index (χ2n) is 6.85. The van der Waals surface area contributed by atoms with Crippen LogP contribution in [0.5, 0.6) is 5.75 Å². The summed E-state index contributed by atoms with van der Waals surface area (Å²) in [4.78, 5) is 10.0. The molecule has 0 bridgehead atoms. The van der Waals surface area contributed by atoms with Crippen molar-refractivity contribution < 1.29 is 13.2 Å². The number of fused-ring (bicyclic) bond motifs is 2. The van der Waals surface area contributed by atoms with E-state index in [1.54, 1.807) is 30.5 Å². The van der Waals surface area contributed by atoms with Crippen molar-refractivity contribution in [2.45, 2.75) is 9.79 Å². The highest BCUT2D eigenvalue weighted by Gasteiger charge is 2.30. The average Bonchev–Trinajstić information content (AvgIpc) is 3.41. The van der Waals surface area contributed by atoms with E-state index in [9.17, 15) is 8.42 Å². The molecular formula is C22H17N5O3S2. The lowest BCUT2D eigenvalue weighted by Crippen LogP contribution is -2.06. The summed E-state index contributed by atoms with van der Waals surface area (Å²) in [6.45, 7) is 0. The standard InChI is InChI=1S/C22H17N5O3S2/c1-30-14-8-10-16(11-9-14)32(28,29)20-19-22(26-18-7-3-2-6-17(18)25-19)27(21(20)23)24-13-15-5-4-12-31-15/h2-13H,23H2,1H3/b24-13+. The fraction of sp³-hybridized carbons (Fsp3) is 0.0455. The lowest BCUT2D eigenvalue weighted by molar-refractivity contribution is 0.414. The highest BCUT2D eigenvalue weighted by atomic mass is 32.2. The van der Waals surface area contributed by atoms with Crippen molar-refractivity contribution in [2.75, 3.05) is 12.8 Å². The number of ether oxygens (including phenoxy) is 1. The number of sulfone groups is 1. The predicted octanol–water partition coefficient (Wildman–Crippen LogP) is 3.95. The molecule has 3 heterocycles. The van der Waals surface area contributed by atoms with Crippen molar-refractivity contribution in [1.29, 1.82) is 0 Å². The quantitative estimate of drug-likeness (QED) is 0.395. The largest absolute Gasteiger partial charge is 0.497 e. The number of hydrogen-bond donors (Lipinski definition) is 1. The van der Waals surface area contributed by atoms with Crippen LogP contribution in [0.25, 0.3) is 22.2 Å². The molecule has 0 aliphatic heterocycles. The van der Waals surface area contributed by atoms with Crippen LogP contribution in [0, 0.1) is 0 Å². The van der Waals surface area contributed by atoms with Crippen LogP contribution in [-0.4, -0.2) is 36.4 Å². The smallest absolute Gasteiger partial charge is 0.212 e. The van der Waals surface area contributed by atoms with E-state index in [2.05, 4.69) is 15.1 Å². The molecule has 0 atom stereocenters. The number of rotatable bonds is 5. The number of hydrogen-bond acceptors (Lipinski definition) is 8. The molecule has 0 amide bonds. The van der Waals surface area contributed by atoms with Crippen LogP contribution in [0.15, 0.2) is 80.9 Å². The number of methoxy groups -OCH3 is 1. The van der Waals surface area contributed by atoms with Crippen LogP contribution in [-0.2, 0) is 9.84 Å². The molecule has 0 spiro atoms. The number of para-hydroxylation sites is 2. The minimum absolute atomic E-state index is 0.0565. The number of thiophene rings is 1. The summed E-state index contributed by atoms with van der Waals surface area (Å²) >= 11 is 1.50. The third-order valence-electron chi connectivity index (χ3n) is 4.91. The van der Waals surface area contributed by atoms with Gasteiger partial charge in [0, 0.05) is 4.88 Å². The molecule has 10 heteroatoms. The summed E-state index contributed by atoms with van der Waals surface area (Å²) < 4.78 is 33.7. The third-order valence-corrected chi connectivity index (χ3v) is 7.55. The summed E-state index contributed by atoms with van der Waals surface area (Å²) in [6.07, 6.45) is 1.61. The molecule has 2 N–H and O–H groups in total. The van der Waals surface area contributed by atoms with Gasteiger partial charge < -0.3 is 10.5 Å². The van der Waals surface area contributed by atoms with Gasteiger partial charge in [-0.15, -0.1) is 11.3 Å². The van der Waals surface area contributed by atoms with Gasteiger partial charge in [0.25, 0.3) is 0 Å². The van der Waals surface area contributed by atoms with Gasteiger partial charge in [0.2, 0.25) is 9.84 Å². The highest BCUT2D eigenvalue weighted by Crippen LogP contribution is 2.35. The first-order chi connectivity index (χ1) is 15.5. The van der Waals surface area contributed by atoms with E-state index in [0.717, 1.165) is 4.88 Å². The Bertz CT molecular complexity index is 1570. The number of nitrogens with two attached hydrogens (primary N) is 1. The van der Waals surface area contributed by atoms with Gasteiger partial charge in [-0.25, -0.2) is 18.4 Å². The maximum atomic E-state index is 13.6. The van der Waals surface area contributed by atoms with Crippen LogP contribution in [0.1, 0.15) is 4.88 Å². The Labute approximate surface area is 187 Å². The maximum absolute atomic E-state index is 13.6. The zero-order valence-corrected chi connectivity index (χ0v) is 18.5. The zero-order valence-electron chi connectivity index (χ0n) is 16.8. The molecule has 0 saturated heterocycles. The van der Waals surface area contributed by atoms with Gasteiger partial charge >= 0.3 is 0 Å². The van der Waals surface area contributed by atoms with Gasteiger partial charge in [0.1, 0.15) is 22.0 Å². The van der Waals surface area contributed by atoms with Gasteiger partial charge in [0.15, 0.2) is 5.65 Å². The summed E-state index contributed by atoms with van der Waals surface area (Å²) in [5, 5.41) is 6.35. The van der Waals surface area contributed by atoms with Crippen LogP contribution in [0.4, 0.5) is 5.82 Å². The second-order valence-corrected chi connectivity index (χ2v) is 9.72. The molecule has 5 aromatic rings. The molecule has 32 heavy (non-hydrogen) atoms. The Morgan fingerprint density at radius 1 is 1.03 bits per heavy atom. The van der Waals surface area contributed by atoms with Crippen molar-refractivity contribution in [1.82, 2.24) is 14.6 Å². The molecule has 5 rings (SSSR count). The lowest BCUT2D eigenvalue weighted by Gasteiger charge is -2.06. The fourth-order valence-corrected chi connectivity index (χ4v) is 5.42. The number of nitrogens with zero attached hydrogens (tertiary/aromatic N) is 4. The molecule has 0 saturated carbocycles. The normalized spacial score (nSPS) is 12.2. The monoisotopic (exact) mass is 463 g/mol. The molecule has 0 fully saturated rings. The minimum Gasteiger partial charge on any atom is -0.497 e. The number of benzene rings is 2. The van der Waals surface area contributed by atoms with E-state index >= 15 is 0 Å². The second kappa shape index (κ2) is 7.74. The Hall–Kier alpha value is -3.76. The summed E-state index contributed by atoms with van der Waals surface area (Å²) in [5.41, 5.74) is 7.97. The Morgan fingerprint density at radius 2 is 1.75 bits per heavy atom. The fourth-order valence-electron chi connectivity index (χ4n) is 3.36. The number of aromatic nitrogens is 3. The van der Waals surface area contributed by atoms with Gasteiger partial charge in [-0.1, -0.05) is 18.2 Å². The summed E-state index contributed by atoms with van der Waals surface area (Å²) in [6, 6.07) is 17.1. The molecule has 0 aliphatic carbocycles. The maximum Gasteiger partial charge on any atom is 0.212 e. The molecule has 3 aromatic heterocycles. The van der Waals surface area contributed by atoms with Crippen LogP contribution in [0.2, 0.25) is 0 Å². The Balaban J connectivity index is 1.79. The number of anilines is 1. The van der Waals surface area contributed by atoms with E-state index in [4.69, 9.17) is 10.5 Å². The molecule has 0 aliphatic rings. The summed E-state index contributed by atoms with van der Waals surface area (Å²) in [7, 11) is -2.50. The average molecular weight is 464 g/mol. The van der Waals surface area contributed by atoms with Crippen molar-refractivity contribution in [2.24, 2.45) is 5.10 Å². The minimum atomic E-state index is -4.02. The van der Waals surface area contributed by atoms with Gasteiger partial charge in [-0.2, -0.15) is 9.78 Å². The van der Waals surface area contributed by atoms with Gasteiger partial charge in [-0.05, 0) is 47.8 Å². The molecule has 2 aromatic carbocycles. The molecular weight excluding hydrogens is 446 g/mol. The van der Waals surface area contributed by atoms with Gasteiger partial charge in [-0.3, -0.25) is 0 Å². The summed E-state index contributed by atoms with van der Waals surface area (Å²) in [5.74, 6) is 0.490. The first kappa shape index (κ1) is 20.2. The van der Waals surface area contributed by atoms with E-state index in [0.29, 0.717) is 16.8 Å². The van der Waals surface area contributed by atoms with E-state index in [1.165, 1.54) is 35.3 Å². The molecule has 0 radical (unpaired) electrons. The molecule has 8 nitrogen and oxygen atoms in total. The molecule has 0 unspecified atom stereocenters. The van der Waals surface area contributed by atoms with Crippen LogP contribution >= 0.6 is 11.3 Å². The predicted molar refractivity (Wildman–Crippen MR) is 125 cm³/mol. The van der Waals surface area contributed by atoms with E-state index < -0.39 is 9.84 Å². The van der Waals surface area contributed by atoms with Crippen molar-refractivity contribution in [3.8, 4) is 5.75 Å². The van der Waals surface area contributed by atoms with Crippen molar-refractivity contribution in [3.05, 3.63) is 70.9 Å². The third kappa shape index (κ3) is 3.29. The first-order valence-corrected chi connectivity index (χ1v) is 11.9. The van der Waals surface area contributed by atoms with E-state index in [1.807, 2.05) is 29.6 Å². The number of nitrogen functional groups attached to an aromatic ring is 1. The van der Waals surface area contributed by atoms with Crippen LogP contribution in [0.3, 0.4) is 0 Å². The van der Waals surface area contributed by atoms with Crippen molar-refractivity contribution >= 4 is 55.4 Å². The van der Waals surface area contributed by atoms with E-state index in [-0.39, 0.29) is 26.8 Å². The van der Waals surface area contributed by atoms with Gasteiger partial charge in [0.05, 0.1) is 29.3 Å². The Kier molecular flexibility index (Phi) is 4.87. The zero-order chi connectivity index (χ0) is 22.3. The topological polar surface area (TPSA) is 112 Å². The molecule has 160 valence electrons. The van der Waals surface area contributed by atoms with Crippen molar-refractivity contribution in [3.63, 3.8) is 0 Å². The first-order valence-electron chi connectivity index (χ1n) is 9.53. The Morgan fingerprint density at radius 3 is 2.41 bits per heavy atom.